The van der Waals surface area contributed by atoms with Gasteiger partial charge >= 0.3 is 0 Å². The number of ether oxygens (including phenoxy) is 3. The fourth-order valence-electron chi connectivity index (χ4n) is 2.67. The Morgan fingerprint density at radius 1 is 1.04 bits per heavy atom. The highest BCUT2D eigenvalue weighted by Crippen LogP contribution is 2.51. The number of phenolic OH excluding ortho intramolecular Hbond substituents is 2. The monoisotopic (exact) mass is 328 g/mol. The molecule has 0 spiro atoms. The van der Waals surface area contributed by atoms with Crippen molar-refractivity contribution in [3.63, 3.8) is 0 Å². The summed E-state index contributed by atoms with van der Waals surface area (Å²) < 4.78 is 20.7. The third kappa shape index (κ3) is 1.88. The van der Waals surface area contributed by atoms with Crippen LogP contribution in [-0.4, -0.2) is 24.1 Å². The molecule has 0 saturated carbocycles. The van der Waals surface area contributed by atoms with Crippen LogP contribution in [0.3, 0.4) is 0 Å². The number of hydrogen-bond donors (Lipinski definition) is 2. The molecule has 1 aliphatic heterocycles. The van der Waals surface area contributed by atoms with E-state index in [1.807, 2.05) is 0 Å². The van der Waals surface area contributed by atoms with Crippen molar-refractivity contribution in [3.05, 3.63) is 40.8 Å². The van der Waals surface area contributed by atoms with Gasteiger partial charge in [-0.2, -0.15) is 0 Å². The lowest BCUT2D eigenvalue weighted by Crippen LogP contribution is -2.05. The van der Waals surface area contributed by atoms with Gasteiger partial charge in [-0.1, -0.05) is 12.1 Å². The molecule has 7 nitrogen and oxygen atoms in total. The van der Waals surface area contributed by atoms with Crippen LogP contribution in [0.4, 0.5) is 0 Å². The average Bonchev–Trinajstić information content (AvgIpc) is 3.10. The molecule has 2 aromatic carbocycles. The van der Waals surface area contributed by atoms with Gasteiger partial charge in [-0.3, -0.25) is 4.79 Å². The lowest BCUT2D eigenvalue weighted by atomic mass is 10.0. The van der Waals surface area contributed by atoms with Gasteiger partial charge in [0.2, 0.25) is 29.5 Å². The number of rotatable bonds is 2. The fraction of sp³-hybridized carbons (Fsp3) is 0.118. The standard InChI is InChI=1S/C17H12O7/c1-21-9-4-2-8(3-5-9)10-6-22-15-11(12(10)18)13(19)16-17(14(15)20)24-7-23-16/h2-6,19-20H,7H2,1H3. The lowest BCUT2D eigenvalue weighted by molar-refractivity contribution is 0.169. The highest BCUT2D eigenvalue weighted by atomic mass is 16.7. The van der Waals surface area contributed by atoms with Crippen LogP contribution in [0.1, 0.15) is 0 Å². The van der Waals surface area contributed by atoms with Gasteiger partial charge in [0.1, 0.15) is 17.4 Å². The quantitative estimate of drug-likeness (QED) is 0.698. The number of fused-ring (bicyclic) bond motifs is 2. The lowest BCUT2D eigenvalue weighted by Gasteiger charge is -2.08. The first-order chi connectivity index (χ1) is 11.6. The van der Waals surface area contributed by atoms with E-state index < -0.39 is 11.2 Å². The Balaban J connectivity index is 2.00. The summed E-state index contributed by atoms with van der Waals surface area (Å²) in [5.41, 5.74) is 0.174. The molecule has 24 heavy (non-hydrogen) atoms. The molecule has 0 aliphatic carbocycles. The average molecular weight is 328 g/mol. The van der Waals surface area contributed by atoms with Crippen LogP contribution in [0, 0.1) is 0 Å². The predicted octanol–water partition coefficient (Wildman–Crippen LogP) is 2.61. The summed E-state index contributed by atoms with van der Waals surface area (Å²) in [6.45, 7) is -0.160. The molecule has 122 valence electrons. The number of phenols is 2. The first-order valence-electron chi connectivity index (χ1n) is 7.05. The maximum absolute atomic E-state index is 12.8. The molecule has 1 aromatic heterocycles. The zero-order chi connectivity index (χ0) is 16.8. The Hall–Kier alpha value is -3.35. The first kappa shape index (κ1) is 14.3. The van der Waals surface area contributed by atoms with E-state index in [0.29, 0.717) is 11.3 Å². The minimum absolute atomic E-state index is 0.0413. The van der Waals surface area contributed by atoms with Crippen molar-refractivity contribution < 1.29 is 28.8 Å². The maximum atomic E-state index is 12.8. The molecular weight excluding hydrogens is 316 g/mol. The van der Waals surface area contributed by atoms with E-state index in [1.54, 1.807) is 31.4 Å². The Morgan fingerprint density at radius 2 is 1.71 bits per heavy atom. The summed E-state index contributed by atoms with van der Waals surface area (Å²) in [5, 5.41) is 20.4. The summed E-state index contributed by atoms with van der Waals surface area (Å²) in [6.07, 6.45) is 1.23. The summed E-state index contributed by atoms with van der Waals surface area (Å²) in [7, 11) is 1.54. The van der Waals surface area contributed by atoms with Crippen molar-refractivity contribution >= 4 is 11.0 Å². The molecule has 0 unspecified atom stereocenters. The second-order valence-electron chi connectivity index (χ2n) is 5.17. The molecule has 0 amide bonds. The molecule has 2 N–H and O–H groups in total. The van der Waals surface area contributed by atoms with E-state index >= 15 is 0 Å². The predicted molar refractivity (Wildman–Crippen MR) is 83.9 cm³/mol. The zero-order valence-electron chi connectivity index (χ0n) is 12.5. The van der Waals surface area contributed by atoms with Crippen molar-refractivity contribution in [2.45, 2.75) is 0 Å². The van der Waals surface area contributed by atoms with Gasteiger partial charge in [0.25, 0.3) is 0 Å². The van der Waals surface area contributed by atoms with Crippen LogP contribution in [0.5, 0.6) is 28.7 Å². The first-order valence-corrected chi connectivity index (χ1v) is 7.05. The molecule has 0 radical (unpaired) electrons. The van der Waals surface area contributed by atoms with Crippen LogP contribution in [0.25, 0.3) is 22.1 Å². The SMILES string of the molecule is COc1ccc(-c2coc3c(O)c4c(c(O)c3c2=O)OCO4)cc1. The van der Waals surface area contributed by atoms with Gasteiger partial charge < -0.3 is 28.8 Å². The van der Waals surface area contributed by atoms with E-state index in [4.69, 9.17) is 18.6 Å². The van der Waals surface area contributed by atoms with Gasteiger partial charge in [-0.05, 0) is 17.7 Å². The van der Waals surface area contributed by atoms with Crippen LogP contribution >= 0.6 is 0 Å². The maximum Gasteiger partial charge on any atom is 0.231 e. The summed E-state index contributed by atoms with van der Waals surface area (Å²) >= 11 is 0. The second-order valence-corrected chi connectivity index (χ2v) is 5.17. The van der Waals surface area contributed by atoms with Crippen LogP contribution < -0.4 is 19.6 Å². The molecule has 3 aromatic rings. The molecule has 2 heterocycles. The molecule has 1 aliphatic rings. The van der Waals surface area contributed by atoms with E-state index in [-0.39, 0.29) is 40.6 Å². The Bertz CT molecular complexity index is 1000. The zero-order valence-corrected chi connectivity index (χ0v) is 12.5. The van der Waals surface area contributed by atoms with Gasteiger partial charge in [0.15, 0.2) is 11.3 Å². The smallest absolute Gasteiger partial charge is 0.231 e. The number of aromatic hydroxyl groups is 2. The van der Waals surface area contributed by atoms with E-state index in [0.717, 1.165) is 0 Å². The minimum atomic E-state index is -0.493. The Kier molecular flexibility index (Phi) is 3.02. The highest BCUT2D eigenvalue weighted by Gasteiger charge is 2.29. The normalized spacial score (nSPS) is 12.5. The molecular formula is C17H12O7. The molecule has 7 heteroatoms. The third-order valence-electron chi connectivity index (χ3n) is 3.89. The molecule has 0 fully saturated rings. The van der Waals surface area contributed by atoms with Gasteiger partial charge in [-0.25, -0.2) is 0 Å². The Labute approximate surface area is 135 Å². The summed E-state index contributed by atoms with van der Waals surface area (Å²) in [4.78, 5) is 12.8. The van der Waals surface area contributed by atoms with Crippen LogP contribution in [-0.2, 0) is 0 Å². The van der Waals surface area contributed by atoms with Crippen molar-refractivity contribution in [2.75, 3.05) is 13.9 Å². The largest absolute Gasteiger partial charge is 0.504 e. The number of methoxy groups -OCH3 is 1. The second kappa shape index (κ2) is 5.09. The van der Waals surface area contributed by atoms with Crippen molar-refractivity contribution in [3.8, 4) is 39.9 Å². The van der Waals surface area contributed by atoms with Crippen LogP contribution in [0.15, 0.2) is 39.7 Å². The molecule has 0 atom stereocenters. The van der Waals surface area contributed by atoms with Gasteiger partial charge in [0, 0.05) is 0 Å². The topological polar surface area (TPSA) is 98.4 Å². The Morgan fingerprint density at radius 3 is 2.38 bits per heavy atom. The van der Waals surface area contributed by atoms with Crippen molar-refractivity contribution in [2.24, 2.45) is 0 Å². The van der Waals surface area contributed by atoms with Crippen molar-refractivity contribution in [1.29, 1.82) is 0 Å². The van der Waals surface area contributed by atoms with Crippen molar-refractivity contribution in [1.82, 2.24) is 0 Å². The fourth-order valence-corrected chi connectivity index (χ4v) is 2.67. The van der Waals surface area contributed by atoms with Gasteiger partial charge in [0.05, 0.1) is 12.7 Å². The van der Waals surface area contributed by atoms with Crippen LogP contribution in [0.2, 0.25) is 0 Å². The molecule has 0 saturated heterocycles. The number of benzene rings is 2. The highest BCUT2D eigenvalue weighted by molar-refractivity contribution is 5.96. The molecule has 4 rings (SSSR count). The minimum Gasteiger partial charge on any atom is -0.504 e. The van der Waals surface area contributed by atoms with E-state index in [9.17, 15) is 15.0 Å². The molecule has 0 bridgehead atoms. The van der Waals surface area contributed by atoms with E-state index in [1.165, 1.54) is 6.26 Å². The number of hydrogen-bond acceptors (Lipinski definition) is 7. The third-order valence-corrected chi connectivity index (χ3v) is 3.89. The summed E-state index contributed by atoms with van der Waals surface area (Å²) in [5.74, 6) is -0.264. The van der Waals surface area contributed by atoms with E-state index in [2.05, 4.69) is 0 Å². The van der Waals surface area contributed by atoms with Gasteiger partial charge in [-0.15, -0.1) is 0 Å². The summed E-state index contributed by atoms with van der Waals surface area (Å²) in [6, 6.07) is 6.80.